The Morgan fingerprint density at radius 2 is 1.95 bits per heavy atom. The molecule has 1 aromatic rings. The maximum atomic E-state index is 9.57. The Morgan fingerprint density at radius 3 is 2.62 bits per heavy atom. The van der Waals surface area contributed by atoms with E-state index >= 15 is 0 Å². The summed E-state index contributed by atoms with van der Waals surface area (Å²) in [5, 5.41) is 15.7. The average molecular weight is 296 g/mol. The third-order valence-electron chi connectivity index (χ3n) is 3.37. The molecule has 1 aromatic heterocycles. The van der Waals surface area contributed by atoms with Crippen LogP contribution in [0.5, 0.6) is 0 Å². The van der Waals surface area contributed by atoms with Gasteiger partial charge in [-0.05, 0) is 12.8 Å². The van der Waals surface area contributed by atoms with Gasteiger partial charge in [0.25, 0.3) is 0 Å². The highest BCUT2D eigenvalue weighted by molar-refractivity contribution is 5.43. The normalized spacial score (nSPS) is 16.6. The van der Waals surface area contributed by atoms with Crippen LogP contribution in [0.4, 0.5) is 17.8 Å². The van der Waals surface area contributed by atoms with Gasteiger partial charge in [0.05, 0.1) is 19.3 Å². The minimum atomic E-state index is -0.290. The molecule has 0 radical (unpaired) electrons. The summed E-state index contributed by atoms with van der Waals surface area (Å²) in [4.78, 5) is 15.2. The number of nitrogens with one attached hydrogen (secondary N) is 2. The van der Waals surface area contributed by atoms with Crippen molar-refractivity contribution in [2.24, 2.45) is 0 Å². The maximum Gasteiger partial charge on any atom is 0.232 e. The Morgan fingerprint density at radius 1 is 1.24 bits per heavy atom. The van der Waals surface area contributed by atoms with Crippen molar-refractivity contribution in [2.75, 3.05) is 55.4 Å². The second kappa shape index (κ2) is 7.94. The number of morpholine rings is 1. The molecule has 21 heavy (non-hydrogen) atoms. The van der Waals surface area contributed by atoms with E-state index in [1.54, 1.807) is 7.05 Å². The van der Waals surface area contributed by atoms with Crippen LogP contribution >= 0.6 is 0 Å². The van der Waals surface area contributed by atoms with E-state index in [4.69, 9.17) is 4.74 Å². The Bertz CT molecular complexity index is 439. The average Bonchev–Trinajstić information content (AvgIpc) is 2.55. The van der Waals surface area contributed by atoms with Gasteiger partial charge in [-0.15, -0.1) is 0 Å². The molecule has 1 unspecified atom stereocenters. The highest BCUT2D eigenvalue weighted by atomic mass is 16.5. The van der Waals surface area contributed by atoms with Crippen LogP contribution in [0.1, 0.15) is 19.8 Å². The quantitative estimate of drug-likeness (QED) is 0.662. The molecule has 0 amide bonds. The summed E-state index contributed by atoms with van der Waals surface area (Å²) in [5.41, 5.74) is 0. The van der Waals surface area contributed by atoms with E-state index in [1.807, 2.05) is 6.92 Å². The summed E-state index contributed by atoms with van der Waals surface area (Å²) < 4.78 is 5.34. The molecule has 8 nitrogen and oxygen atoms in total. The van der Waals surface area contributed by atoms with E-state index in [2.05, 4.69) is 30.5 Å². The SMILES string of the molecule is CCC(O)CCNc1nc(NC)nc(N2CCOCC2)n1. The van der Waals surface area contributed by atoms with Crippen LogP contribution in [-0.2, 0) is 4.74 Å². The molecule has 1 aliphatic heterocycles. The van der Waals surface area contributed by atoms with Gasteiger partial charge < -0.3 is 25.4 Å². The van der Waals surface area contributed by atoms with Crippen LogP contribution < -0.4 is 15.5 Å². The minimum Gasteiger partial charge on any atom is -0.393 e. The first-order chi connectivity index (χ1) is 10.2. The molecular weight excluding hydrogens is 272 g/mol. The van der Waals surface area contributed by atoms with Gasteiger partial charge in [0.1, 0.15) is 0 Å². The van der Waals surface area contributed by atoms with Crippen LogP contribution in [-0.4, -0.2) is 66.1 Å². The van der Waals surface area contributed by atoms with Crippen LogP contribution in [0.2, 0.25) is 0 Å². The van der Waals surface area contributed by atoms with Gasteiger partial charge in [-0.2, -0.15) is 15.0 Å². The fourth-order valence-corrected chi connectivity index (χ4v) is 2.02. The molecule has 0 bridgehead atoms. The Hall–Kier alpha value is -1.67. The number of anilines is 3. The third-order valence-corrected chi connectivity index (χ3v) is 3.37. The molecule has 1 atom stereocenters. The molecule has 0 aromatic carbocycles. The maximum absolute atomic E-state index is 9.57. The molecule has 1 saturated heterocycles. The Kier molecular flexibility index (Phi) is 5.94. The van der Waals surface area contributed by atoms with E-state index < -0.39 is 0 Å². The number of aliphatic hydroxyl groups is 1. The lowest BCUT2D eigenvalue weighted by Crippen LogP contribution is -2.37. The van der Waals surface area contributed by atoms with Crippen molar-refractivity contribution < 1.29 is 9.84 Å². The predicted octanol–water partition coefficient (Wildman–Crippen LogP) is 0.323. The molecule has 8 heteroatoms. The predicted molar refractivity (Wildman–Crippen MR) is 81.8 cm³/mol. The number of nitrogens with zero attached hydrogens (tertiary/aromatic N) is 4. The molecule has 2 rings (SSSR count). The first-order valence-electron chi connectivity index (χ1n) is 7.41. The van der Waals surface area contributed by atoms with Crippen molar-refractivity contribution in [3.63, 3.8) is 0 Å². The number of aromatic nitrogens is 3. The number of aliphatic hydroxyl groups excluding tert-OH is 1. The number of ether oxygens (including phenoxy) is 1. The second-order valence-electron chi connectivity index (χ2n) is 4.91. The van der Waals surface area contributed by atoms with Crippen LogP contribution in [0.15, 0.2) is 0 Å². The number of hydrogen-bond acceptors (Lipinski definition) is 8. The lowest BCUT2D eigenvalue weighted by atomic mass is 10.2. The molecule has 1 fully saturated rings. The zero-order chi connectivity index (χ0) is 15.1. The monoisotopic (exact) mass is 296 g/mol. The summed E-state index contributed by atoms with van der Waals surface area (Å²) >= 11 is 0. The van der Waals surface area contributed by atoms with Crippen LogP contribution in [0, 0.1) is 0 Å². The minimum absolute atomic E-state index is 0.290. The van der Waals surface area contributed by atoms with E-state index in [1.165, 1.54) is 0 Å². The lowest BCUT2D eigenvalue weighted by Gasteiger charge is -2.27. The number of rotatable bonds is 7. The Labute approximate surface area is 125 Å². The van der Waals surface area contributed by atoms with Crippen LogP contribution in [0.3, 0.4) is 0 Å². The zero-order valence-electron chi connectivity index (χ0n) is 12.7. The van der Waals surface area contributed by atoms with Crippen molar-refractivity contribution >= 4 is 17.8 Å². The van der Waals surface area contributed by atoms with Gasteiger partial charge in [0, 0.05) is 26.7 Å². The molecular formula is C13H24N6O2. The molecule has 0 aliphatic carbocycles. The van der Waals surface area contributed by atoms with Gasteiger partial charge in [-0.3, -0.25) is 0 Å². The van der Waals surface area contributed by atoms with E-state index in [9.17, 15) is 5.11 Å². The van der Waals surface area contributed by atoms with Gasteiger partial charge in [-0.1, -0.05) is 6.92 Å². The van der Waals surface area contributed by atoms with Gasteiger partial charge >= 0.3 is 0 Å². The number of hydrogen-bond donors (Lipinski definition) is 3. The summed E-state index contributed by atoms with van der Waals surface area (Å²) in [6.07, 6.45) is 1.13. The zero-order valence-corrected chi connectivity index (χ0v) is 12.7. The van der Waals surface area contributed by atoms with Crippen molar-refractivity contribution in [3.05, 3.63) is 0 Å². The van der Waals surface area contributed by atoms with Gasteiger partial charge in [-0.25, -0.2) is 0 Å². The Balaban J connectivity index is 2.02. The van der Waals surface area contributed by atoms with Gasteiger partial charge in [0.15, 0.2) is 0 Å². The molecule has 2 heterocycles. The summed E-state index contributed by atoms with van der Waals surface area (Å²) in [6.45, 7) is 5.52. The summed E-state index contributed by atoms with van der Waals surface area (Å²) in [6, 6.07) is 0. The highest BCUT2D eigenvalue weighted by Gasteiger charge is 2.16. The summed E-state index contributed by atoms with van der Waals surface area (Å²) in [7, 11) is 1.78. The largest absolute Gasteiger partial charge is 0.393 e. The van der Waals surface area contributed by atoms with Crippen molar-refractivity contribution in [2.45, 2.75) is 25.9 Å². The second-order valence-corrected chi connectivity index (χ2v) is 4.91. The molecule has 118 valence electrons. The molecule has 1 aliphatic rings. The first kappa shape index (κ1) is 15.7. The van der Waals surface area contributed by atoms with Gasteiger partial charge in [0.2, 0.25) is 17.8 Å². The first-order valence-corrected chi connectivity index (χ1v) is 7.41. The fraction of sp³-hybridized carbons (Fsp3) is 0.769. The highest BCUT2D eigenvalue weighted by Crippen LogP contribution is 2.14. The van der Waals surface area contributed by atoms with E-state index in [0.717, 1.165) is 19.5 Å². The van der Waals surface area contributed by atoms with Crippen molar-refractivity contribution in [1.82, 2.24) is 15.0 Å². The standard InChI is InChI=1S/C13H24N6O2/c1-3-10(20)4-5-15-12-16-11(14-2)17-13(18-12)19-6-8-21-9-7-19/h10,20H,3-9H2,1-2H3,(H2,14,15,16,17,18). The smallest absolute Gasteiger partial charge is 0.232 e. The van der Waals surface area contributed by atoms with Crippen LogP contribution in [0.25, 0.3) is 0 Å². The lowest BCUT2D eigenvalue weighted by molar-refractivity contribution is 0.122. The van der Waals surface area contributed by atoms with Crippen molar-refractivity contribution in [1.29, 1.82) is 0 Å². The topological polar surface area (TPSA) is 95.4 Å². The third kappa shape index (κ3) is 4.68. The molecule has 3 N–H and O–H groups in total. The van der Waals surface area contributed by atoms with E-state index in [0.29, 0.717) is 44.0 Å². The molecule has 0 spiro atoms. The molecule has 0 saturated carbocycles. The summed E-state index contributed by atoms with van der Waals surface area (Å²) in [5.74, 6) is 1.71. The van der Waals surface area contributed by atoms with E-state index in [-0.39, 0.29) is 6.10 Å². The fourth-order valence-electron chi connectivity index (χ4n) is 2.02. The van der Waals surface area contributed by atoms with Crippen molar-refractivity contribution in [3.8, 4) is 0 Å².